The molecular weight excluding hydrogens is 462 g/mol. The Labute approximate surface area is 197 Å². The van der Waals surface area contributed by atoms with E-state index >= 15 is 0 Å². The van der Waals surface area contributed by atoms with E-state index < -0.39 is 0 Å². The topological polar surface area (TPSA) is 44.4 Å². The Hall–Kier alpha value is -3.05. The first-order valence-electron chi connectivity index (χ1n) is 10.9. The number of carbonyl (C=O) groups is 1. The molecule has 2 aliphatic rings. The minimum atomic E-state index is -0.191. The number of hydrogen-bond donors (Lipinski definition) is 2. The fraction of sp³-hybridized carbons (Fsp3) is 0.222. The van der Waals surface area contributed by atoms with Crippen molar-refractivity contribution in [3.8, 4) is 0 Å². The van der Waals surface area contributed by atoms with Crippen LogP contribution in [0.5, 0.6) is 0 Å². The first-order chi connectivity index (χ1) is 15.5. The second-order valence-corrected chi connectivity index (χ2v) is 9.63. The van der Waals surface area contributed by atoms with Crippen LogP contribution in [-0.4, -0.2) is 19.9 Å². The first-order valence-corrected chi connectivity index (χ1v) is 11.7. The van der Waals surface area contributed by atoms with E-state index in [-0.39, 0.29) is 17.7 Å². The lowest BCUT2D eigenvalue weighted by Crippen LogP contribution is -2.26. The molecule has 0 amide bonds. The van der Waals surface area contributed by atoms with Gasteiger partial charge in [-0.15, -0.1) is 0 Å². The maximum absolute atomic E-state index is 13.6. The number of nitrogens with zero attached hydrogens (tertiary/aromatic N) is 1. The number of Topliss-reactive ketones (excluding diaryl/α,β-unsaturated/α-hetero) is 1. The van der Waals surface area contributed by atoms with Gasteiger partial charge in [0.1, 0.15) is 0 Å². The lowest BCUT2D eigenvalue weighted by molar-refractivity contribution is -0.116. The zero-order valence-electron chi connectivity index (χ0n) is 18.2. The van der Waals surface area contributed by atoms with Crippen LogP contribution in [0.1, 0.15) is 35.9 Å². The highest BCUT2D eigenvalue weighted by atomic mass is 79.9. The normalized spacial score (nSPS) is 19.9. The lowest BCUT2D eigenvalue weighted by Gasteiger charge is -2.30. The van der Waals surface area contributed by atoms with E-state index in [0.29, 0.717) is 6.42 Å². The minimum absolute atomic E-state index is 0.165. The molecule has 1 heterocycles. The standard InChI is InChI=1S/C27H26BrN3O/c1-31(2)21-12-10-17(11-13-21)19-15-24-26(25(32)16-19)27(18-6-5-7-20(28)14-18)30-23-9-4-3-8-22(23)29-24/h3-14,19,27,29-30H,15-16H2,1-2H3. The lowest BCUT2D eigenvalue weighted by atomic mass is 9.78. The molecule has 5 heteroatoms. The van der Waals surface area contributed by atoms with Crippen molar-refractivity contribution in [3.05, 3.63) is 99.7 Å². The van der Waals surface area contributed by atoms with Gasteiger partial charge >= 0.3 is 0 Å². The molecule has 0 spiro atoms. The molecule has 0 saturated heterocycles. The molecule has 0 radical (unpaired) electrons. The monoisotopic (exact) mass is 487 g/mol. The van der Waals surface area contributed by atoms with Crippen molar-refractivity contribution < 1.29 is 4.79 Å². The molecule has 3 aromatic carbocycles. The first kappa shape index (κ1) is 20.8. The third-order valence-corrected chi connectivity index (χ3v) is 6.87. The van der Waals surface area contributed by atoms with E-state index in [0.717, 1.165) is 44.8 Å². The molecule has 5 rings (SSSR count). The maximum Gasteiger partial charge on any atom is 0.163 e. The van der Waals surface area contributed by atoms with Crippen LogP contribution in [0.2, 0.25) is 0 Å². The molecule has 2 atom stereocenters. The van der Waals surface area contributed by atoms with Crippen LogP contribution in [0.25, 0.3) is 0 Å². The van der Waals surface area contributed by atoms with Gasteiger partial charge in [-0.2, -0.15) is 0 Å². The number of ketones is 1. The average molecular weight is 488 g/mol. The molecule has 1 aliphatic carbocycles. The molecule has 0 saturated carbocycles. The van der Waals surface area contributed by atoms with Crippen LogP contribution in [-0.2, 0) is 4.79 Å². The van der Waals surface area contributed by atoms with Crippen molar-refractivity contribution in [1.82, 2.24) is 0 Å². The fourth-order valence-corrected chi connectivity index (χ4v) is 5.13. The molecule has 4 nitrogen and oxygen atoms in total. The second kappa shape index (κ2) is 8.47. The molecular formula is C27H26BrN3O. The summed E-state index contributed by atoms with van der Waals surface area (Å²) < 4.78 is 1.01. The number of para-hydroxylation sites is 2. The third-order valence-electron chi connectivity index (χ3n) is 6.37. The molecule has 1 aliphatic heterocycles. The van der Waals surface area contributed by atoms with Gasteiger partial charge in [0.15, 0.2) is 5.78 Å². The van der Waals surface area contributed by atoms with Crippen LogP contribution < -0.4 is 15.5 Å². The largest absolute Gasteiger partial charge is 0.378 e. The van der Waals surface area contributed by atoms with Crippen LogP contribution >= 0.6 is 15.9 Å². The highest BCUT2D eigenvalue weighted by molar-refractivity contribution is 9.10. The summed E-state index contributed by atoms with van der Waals surface area (Å²) in [4.78, 5) is 15.7. The Morgan fingerprint density at radius 3 is 2.34 bits per heavy atom. The van der Waals surface area contributed by atoms with Crippen molar-refractivity contribution in [2.75, 3.05) is 29.6 Å². The maximum atomic E-state index is 13.6. The Kier molecular flexibility index (Phi) is 5.51. The number of halogens is 1. The quantitative estimate of drug-likeness (QED) is 0.442. The van der Waals surface area contributed by atoms with Crippen LogP contribution in [0.4, 0.5) is 17.1 Å². The summed E-state index contributed by atoms with van der Waals surface area (Å²) in [7, 11) is 4.08. The van der Waals surface area contributed by atoms with E-state index in [9.17, 15) is 4.79 Å². The summed E-state index contributed by atoms with van der Waals surface area (Å²) in [5.74, 6) is 0.365. The fourth-order valence-electron chi connectivity index (χ4n) is 4.71. The van der Waals surface area contributed by atoms with Gasteiger partial charge in [-0.3, -0.25) is 4.79 Å². The number of nitrogens with one attached hydrogen (secondary N) is 2. The Morgan fingerprint density at radius 2 is 1.62 bits per heavy atom. The summed E-state index contributed by atoms with van der Waals surface area (Å²) in [6, 6.07) is 24.8. The number of rotatable bonds is 3. The van der Waals surface area contributed by atoms with Crippen molar-refractivity contribution in [2.24, 2.45) is 0 Å². The van der Waals surface area contributed by atoms with E-state index in [1.807, 2.05) is 38.4 Å². The van der Waals surface area contributed by atoms with Gasteiger partial charge in [0.05, 0.1) is 17.4 Å². The van der Waals surface area contributed by atoms with Gasteiger partial charge < -0.3 is 15.5 Å². The van der Waals surface area contributed by atoms with Gasteiger partial charge in [-0.1, -0.05) is 52.3 Å². The van der Waals surface area contributed by atoms with Crippen molar-refractivity contribution in [1.29, 1.82) is 0 Å². The molecule has 3 aromatic rings. The van der Waals surface area contributed by atoms with Crippen LogP contribution in [0.15, 0.2) is 88.5 Å². The number of allylic oxidation sites excluding steroid dienone is 1. The average Bonchev–Trinajstić information content (AvgIpc) is 2.96. The van der Waals surface area contributed by atoms with Gasteiger partial charge in [0.25, 0.3) is 0 Å². The van der Waals surface area contributed by atoms with Crippen LogP contribution in [0, 0.1) is 0 Å². The van der Waals surface area contributed by atoms with Gasteiger partial charge in [-0.05, 0) is 59.9 Å². The Balaban J connectivity index is 1.56. The summed E-state index contributed by atoms with van der Waals surface area (Å²) in [5.41, 5.74) is 7.33. The second-order valence-electron chi connectivity index (χ2n) is 8.71. The highest BCUT2D eigenvalue weighted by Crippen LogP contribution is 2.44. The van der Waals surface area contributed by atoms with Gasteiger partial charge in [0.2, 0.25) is 0 Å². The van der Waals surface area contributed by atoms with Crippen molar-refractivity contribution >= 4 is 38.8 Å². The molecule has 0 fully saturated rings. The number of benzene rings is 3. The van der Waals surface area contributed by atoms with Crippen LogP contribution in [0.3, 0.4) is 0 Å². The molecule has 2 N–H and O–H groups in total. The predicted molar refractivity (Wildman–Crippen MR) is 135 cm³/mol. The smallest absolute Gasteiger partial charge is 0.163 e. The van der Waals surface area contributed by atoms with E-state index in [2.05, 4.69) is 80.0 Å². The molecule has 162 valence electrons. The molecule has 0 bridgehead atoms. The predicted octanol–water partition coefficient (Wildman–Crippen LogP) is 6.49. The Morgan fingerprint density at radius 1 is 0.875 bits per heavy atom. The minimum Gasteiger partial charge on any atom is -0.378 e. The summed E-state index contributed by atoms with van der Waals surface area (Å²) in [6.07, 6.45) is 1.33. The van der Waals surface area contributed by atoms with E-state index in [1.54, 1.807) is 0 Å². The SMILES string of the molecule is CN(C)c1ccc(C2CC(=O)C3=C(C2)Nc2ccccc2NC3c2cccc(Br)c2)cc1. The summed E-state index contributed by atoms with van der Waals surface area (Å²) >= 11 is 3.59. The zero-order valence-corrected chi connectivity index (χ0v) is 19.8. The number of fused-ring (bicyclic) bond motifs is 1. The van der Waals surface area contributed by atoms with E-state index in [4.69, 9.17) is 0 Å². The molecule has 32 heavy (non-hydrogen) atoms. The number of anilines is 3. The summed E-state index contributed by atoms with van der Waals surface area (Å²) in [6.45, 7) is 0. The zero-order chi connectivity index (χ0) is 22.2. The van der Waals surface area contributed by atoms with Gasteiger partial charge in [-0.25, -0.2) is 0 Å². The molecule has 2 unspecified atom stereocenters. The number of hydrogen-bond acceptors (Lipinski definition) is 4. The Bertz CT molecular complexity index is 1200. The summed E-state index contributed by atoms with van der Waals surface area (Å²) in [5, 5.41) is 7.25. The van der Waals surface area contributed by atoms with Gasteiger partial charge in [0, 0.05) is 41.9 Å². The van der Waals surface area contributed by atoms with Crippen molar-refractivity contribution in [3.63, 3.8) is 0 Å². The highest BCUT2D eigenvalue weighted by Gasteiger charge is 2.36. The number of carbonyl (C=O) groups excluding carboxylic acids is 1. The third kappa shape index (κ3) is 3.93. The van der Waals surface area contributed by atoms with E-state index in [1.165, 1.54) is 5.56 Å². The van der Waals surface area contributed by atoms with Crippen molar-refractivity contribution in [2.45, 2.75) is 24.8 Å². The molecule has 0 aromatic heterocycles.